The second kappa shape index (κ2) is 7.43. The van der Waals surface area contributed by atoms with E-state index in [0.717, 1.165) is 11.6 Å². The van der Waals surface area contributed by atoms with Gasteiger partial charge in [-0.05, 0) is 30.7 Å². The lowest BCUT2D eigenvalue weighted by Crippen LogP contribution is -2.10. The highest BCUT2D eigenvalue weighted by atomic mass is 19.4. The summed E-state index contributed by atoms with van der Waals surface area (Å²) in [6.45, 7) is 2.52. The van der Waals surface area contributed by atoms with Crippen LogP contribution in [-0.2, 0) is 12.7 Å². The summed E-state index contributed by atoms with van der Waals surface area (Å²) >= 11 is 0. The zero-order chi connectivity index (χ0) is 18.6. The second-order valence-electron chi connectivity index (χ2n) is 5.77. The second-order valence-corrected chi connectivity index (χ2v) is 5.77. The van der Waals surface area contributed by atoms with Gasteiger partial charge in [0.25, 0.3) is 0 Å². The Hall–Kier alpha value is -3.09. The Labute approximate surface area is 149 Å². The highest BCUT2D eigenvalue weighted by Crippen LogP contribution is 2.35. The van der Waals surface area contributed by atoms with Crippen LogP contribution in [0.3, 0.4) is 0 Å². The summed E-state index contributed by atoms with van der Waals surface area (Å²) in [4.78, 5) is 8.32. The molecule has 26 heavy (non-hydrogen) atoms. The normalized spacial score (nSPS) is 11.2. The minimum absolute atomic E-state index is 0.0526. The van der Waals surface area contributed by atoms with E-state index in [1.807, 2.05) is 31.2 Å². The van der Waals surface area contributed by atoms with Gasteiger partial charge >= 0.3 is 6.18 Å². The molecule has 0 radical (unpaired) electrons. The highest BCUT2D eigenvalue weighted by molar-refractivity contribution is 5.61. The summed E-state index contributed by atoms with van der Waals surface area (Å²) in [6.07, 6.45) is -2.95. The molecule has 1 heterocycles. The molecule has 0 bridgehead atoms. The maximum Gasteiger partial charge on any atom is 0.418 e. The summed E-state index contributed by atoms with van der Waals surface area (Å²) in [5.41, 5.74) is 1.43. The van der Waals surface area contributed by atoms with Crippen molar-refractivity contribution in [2.75, 3.05) is 10.6 Å². The van der Waals surface area contributed by atoms with Gasteiger partial charge in [-0.2, -0.15) is 18.2 Å². The number of aryl methyl sites for hydroxylation is 1. The van der Waals surface area contributed by atoms with Crippen LogP contribution in [0.1, 0.15) is 16.7 Å². The minimum Gasteiger partial charge on any atom is -0.350 e. The Morgan fingerprint density at radius 3 is 2.42 bits per heavy atom. The van der Waals surface area contributed by atoms with Crippen LogP contribution < -0.4 is 10.6 Å². The number of halogens is 3. The summed E-state index contributed by atoms with van der Waals surface area (Å²) in [5.74, 6) is 0.614. The first kappa shape index (κ1) is 17.7. The van der Waals surface area contributed by atoms with Crippen LogP contribution in [0, 0.1) is 6.92 Å². The number of aromatic nitrogens is 2. The predicted octanol–water partition coefficient (Wildman–Crippen LogP) is 5.16. The van der Waals surface area contributed by atoms with Crippen LogP contribution >= 0.6 is 0 Å². The molecule has 0 fully saturated rings. The van der Waals surface area contributed by atoms with Crippen LogP contribution in [-0.4, -0.2) is 9.97 Å². The highest BCUT2D eigenvalue weighted by Gasteiger charge is 2.33. The Morgan fingerprint density at radius 1 is 0.962 bits per heavy atom. The fourth-order valence-electron chi connectivity index (χ4n) is 2.38. The lowest BCUT2D eigenvalue weighted by atomic mass is 10.1. The summed E-state index contributed by atoms with van der Waals surface area (Å²) < 4.78 is 39.2. The number of benzene rings is 2. The Morgan fingerprint density at radius 2 is 1.69 bits per heavy atom. The molecule has 0 spiro atoms. The molecular weight excluding hydrogens is 341 g/mol. The number of alkyl halides is 3. The van der Waals surface area contributed by atoms with Crippen molar-refractivity contribution >= 4 is 17.5 Å². The molecule has 2 aromatic carbocycles. The third kappa shape index (κ3) is 4.50. The molecule has 0 amide bonds. The first-order valence-corrected chi connectivity index (χ1v) is 7.97. The lowest BCUT2D eigenvalue weighted by Gasteiger charge is -2.14. The predicted molar refractivity (Wildman–Crippen MR) is 95.3 cm³/mol. The van der Waals surface area contributed by atoms with Crippen molar-refractivity contribution in [2.24, 2.45) is 0 Å². The topological polar surface area (TPSA) is 49.8 Å². The molecule has 0 aliphatic heterocycles. The third-order valence-corrected chi connectivity index (χ3v) is 3.72. The fraction of sp³-hybridized carbons (Fsp3) is 0.158. The lowest BCUT2D eigenvalue weighted by molar-refractivity contribution is -0.136. The van der Waals surface area contributed by atoms with Gasteiger partial charge in [0.15, 0.2) is 0 Å². The smallest absolute Gasteiger partial charge is 0.350 e. The van der Waals surface area contributed by atoms with Gasteiger partial charge in [0.1, 0.15) is 5.82 Å². The molecule has 4 nitrogen and oxygen atoms in total. The Bertz CT molecular complexity index is 876. The van der Waals surface area contributed by atoms with Crippen molar-refractivity contribution in [2.45, 2.75) is 19.6 Å². The van der Waals surface area contributed by atoms with Crippen LogP contribution in [0.4, 0.5) is 30.6 Å². The van der Waals surface area contributed by atoms with Crippen molar-refractivity contribution in [1.29, 1.82) is 0 Å². The van der Waals surface area contributed by atoms with Gasteiger partial charge in [0, 0.05) is 12.7 Å². The van der Waals surface area contributed by atoms with E-state index in [9.17, 15) is 13.2 Å². The molecular formula is C19H17F3N4. The fourth-order valence-corrected chi connectivity index (χ4v) is 2.38. The van der Waals surface area contributed by atoms with Crippen LogP contribution in [0.5, 0.6) is 0 Å². The standard InChI is InChI=1S/C19H17F3N4/c1-13-6-8-14(9-7-13)12-24-18-23-11-10-17(26-18)25-16-5-3-2-4-15(16)19(20,21)22/h2-11H,12H2,1H3,(H2,23,24,25,26). The quantitative estimate of drug-likeness (QED) is 0.661. The van der Waals surface area contributed by atoms with Crippen LogP contribution in [0.2, 0.25) is 0 Å². The van der Waals surface area contributed by atoms with Crippen LogP contribution in [0.15, 0.2) is 60.8 Å². The molecule has 0 aliphatic rings. The van der Waals surface area contributed by atoms with E-state index in [0.29, 0.717) is 12.5 Å². The van der Waals surface area contributed by atoms with E-state index in [-0.39, 0.29) is 11.5 Å². The van der Waals surface area contributed by atoms with Crippen molar-refractivity contribution in [3.05, 3.63) is 77.5 Å². The first-order valence-electron chi connectivity index (χ1n) is 7.97. The third-order valence-electron chi connectivity index (χ3n) is 3.72. The zero-order valence-electron chi connectivity index (χ0n) is 14.0. The summed E-state index contributed by atoms with van der Waals surface area (Å²) in [7, 11) is 0. The van der Waals surface area contributed by atoms with E-state index in [2.05, 4.69) is 20.6 Å². The SMILES string of the molecule is Cc1ccc(CNc2nccc(Nc3ccccc3C(F)(F)F)n2)cc1. The van der Waals surface area contributed by atoms with E-state index in [1.54, 1.807) is 0 Å². The molecule has 3 aromatic rings. The maximum atomic E-state index is 13.1. The van der Waals surface area contributed by atoms with Crippen molar-refractivity contribution in [3.8, 4) is 0 Å². The van der Waals surface area contributed by atoms with Crippen molar-refractivity contribution in [1.82, 2.24) is 9.97 Å². The van der Waals surface area contributed by atoms with Crippen molar-refractivity contribution < 1.29 is 13.2 Å². The monoisotopic (exact) mass is 358 g/mol. The van der Waals surface area contributed by atoms with Gasteiger partial charge in [0.2, 0.25) is 5.95 Å². The molecule has 3 rings (SSSR count). The number of para-hydroxylation sites is 1. The number of rotatable bonds is 5. The average Bonchev–Trinajstić information content (AvgIpc) is 2.61. The van der Waals surface area contributed by atoms with Gasteiger partial charge in [-0.3, -0.25) is 0 Å². The molecule has 134 valence electrons. The number of hydrogen-bond donors (Lipinski definition) is 2. The van der Waals surface area contributed by atoms with E-state index in [4.69, 9.17) is 0 Å². The Kier molecular flexibility index (Phi) is 5.06. The van der Waals surface area contributed by atoms with Gasteiger partial charge < -0.3 is 10.6 Å². The summed E-state index contributed by atoms with van der Waals surface area (Å²) in [5, 5.41) is 5.78. The zero-order valence-corrected chi connectivity index (χ0v) is 14.0. The number of hydrogen-bond acceptors (Lipinski definition) is 4. The van der Waals surface area contributed by atoms with Gasteiger partial charge in [-0.25, -0.2) is 4.98 Å². The van der Waals surface area contributed by atoms with E-state index in [1.165, 1.54) is 36.0 Å². The van der Waals surface area contributed by atoms with E-state index >= 15 is 0 Å². The molecule has 1 aromatic heterocycles. The molecule has 7 heteroatoms. The van der Waals surface area contributed by atoms with Crippen LogP contribution in [0.25, 0.3) is 0 Å². The van der Waals surface area contributed by atoms with Gasteiger partial charge in [0.05, 0.1) is 11.3 Å². The molecule has 0 saturated heterocycles. The molecule has 0 aliphatic carbocycles. The molecule has 2 N–H and O–H groups in total. The molecule has 0 saturated carbocycles. The van der Waals surface area contributed by atoms with Crippen molar-refractivity contribution in [3.63, 3.8) is 0 Å². The van der Waals surface area contributed by atoms with Gasteiger partial charge in [-0.1, -0.05) is 42.0 Å². The summed E-state index contributed by atoms with van der Waals surface area (Å²) in [6, 6.07) is 14.8. The number of nitrogens with one attached hydrogen (secondary N) is 2. The van der Waals surface area contributed by atoms with E-state index < -0.39 is 11.7 Å². The molecule has 0 atom stereocenters. The minimum atomic E-state index is -4.44. The van der Waals surface area contributed by atoms with Gasteiger partial charge in [-0.15, -0.1) is 0 Å². The maximum absolute atomic E-state index is 13.1. The largest absolute Gasteiger partial charge is 0.418 e. The average molecular weight is 358 g/mol. The molecule has 0 unspecified atom stereocenters. The first-order chi connectivity index (χ1) is 12.4. The number of anilines is 3. The number of nitrogens with zero attached hydrogens (tertiary/aromatic N) is 2. The Balaban J connectivity index is 1.73.